The van der Waals surface area contributed by atoms with Crippen molar-refractivity contribution in [1.82, 2.24) is 0 Å². The average Bonchev–Trinajstić information content (AvgIpc) is 3.20. The summed E-state index contributed by atoms with van der Waals surface area (Å²) in [5, 5.41) is 0. The Hall–Kier alpha value is -4.48. The van der Waals surface area contributed by atoms with E-state index in [-0.39, 0.29) is 67.4 Å². The van der Waals surface area contributed by atoms with Crippen LogP contribution in [-0.4, -0.2) is 62.2 Å². The van der Waals surface area contributed by atoms with Gasteiger partial charge in [-0.25, -0.2) is 9.59 Å². The molecule has 4 rings (SSSR count). The van der Waals surface area contributed by atoms with E-state index >= 15 is 0 Å². The smallest absolute Gasteiger partial charge is 0.330 e. The largest absolute Gasteiger partial charge is 0.465 e. The van der Waals surface area contributed by atoms with Crippen LogP contribution in [0.2, 0.25) is 0 Å². The van der Waals surface area contributed by atoms with Crippen molar-refractivity contribution in [3.63, 3.8) is 0 Å². The first kappa shape index (κ1) is 42.3. The lowest BCUT2D eigenvalue weighted by molar-refractivity contribution is -0.152. The summed E-state index contributed by atoms with van der Waals surface area (Å²) in [5.74, 6) is -0.829. The van der Waals surface area contributed by atoms with Crippen LogP contribution in [-0.2, 0) is 47.7 Å². The number of esters is 6. The van der Waals surface area contributed by atoms with Gasteiger partial charge in [-0.05, 0) is 139 Å². The predicted octanol–water partition coefficient (Wildman–Crippen LogP) is 7.02. The minimum absolute atomic E-state index is 0.0644. The molecule has 1 aromatic carbocycles. The first-order valence-electron chi connectivity index (χ1n) is 19.6. The molecule has 0 heterocycles. The minimum Gasteiger partial charge on any atom is -0.465 e. The molecule has 0 unspecified atom stereocenters. The number of benzene rings is 1. The quantitative estimate of drug-likeness (QED) is 0.0468. The number of rotatable bonds is 19. The first-order valence-corrected chi connectivity index (χ1v) is 19.6. The highest BCUT2D eigenvalue weighted by Gasteiger charge is 2.36. The van der Waals surface area contributed by atoms with Gasteiger partial charge in [0.1, 0.15) is 11.5 Å². The van der Waals surface area contributed by atoms with Crippen LogP contribution in [0.15, 0.2) is 49.6 Å². The SMILES string of the molecule is C=CC(=O)OCCCCOC(=O)C1CCC(C(=O)Oc2ccc(OC(=O)C3CCC(C4CCC(C(=O)OCCCCOC(=O)C=C)CC4)CC3)cc2)CC1. The molecule has 0 aliphatic heterocycles. The van der Waals surface area contributed by atoms with Crippen molar-refractivity contribution in [2.24, 2.45) is 35.5 Å². The normalized spacial score (nSPS) is 23.9. The van der Waals surface area contributed by atoms with Gasteiger partial charge < -0.3 is 28.4 Å². The molecular formula is C42H56O12. The molecule has 3 aliphatic carbocycles. The molecule has 0 saturated heterocycles. The molecule has 0 atom stereocenters. The lowest BCUT2D eigenvalue weighted by Gasteiger charge is -2.36. The summed E-state index contributed by atoms with van der Waals surface area (Å²) in [6.45, 7) is 7.82. The van der Waals surface area contributed by atoms with Crippen LogP contribution in [0.4, 0.5) is 0 Å². The van der Waals surface area contributed by atoms with E-state index in [1.807, 2.05) is 0 Å². The van der Waals surface area contributed by atoms with Crippen molar-refractivity contribution >= 4 is 35.8 Å². The van der Waals surface area contributed by atoms with Crippen LogP contribution in [0.3, 0.4) is 0 Å². The predicted molar refractivity (Wildman–Crippen MR) is 197 cm³/mol. The Kier molecular flexibility index (Phi) is 17.7. The van der Waals surface area contributed by atoms with Gasteiger partial charge in [-0.15, -0.1) is 0 Å². The summed E-state index contributed by atoms with van der Waals surface area (Å²) < 4.78 is 32.0. The van der Waals surface area contributed by atoms with E-state index in [0.29, 0.717) is 81.3 Å². The van der Waals surface area contributed by atoms with Crippen molar-refractivity contribution < 1.29 is 57.2 Å². The van der Waals surface area contributed by atoms with Gasteiger partial charge >= 0.3 is 35.8 Å². The number of ether oxygens (including phenoxy) is 6. The van der Waals surface area contributed by atoms with E-state index in [0.717, 1.165) is 63.5 Å². The molecule has 0 radical (unpaired) electrons. The standard InChI is InChI=1S/C42H56O12/c1-3-37(43)49-25-5-7-27-51-39(45)31-13-9-29(10-14-31)30-11-15-33(16-12-30)41(47)53-35-21-23-36(24-22-35)54-42(48)34-19-17-32(18-20-34)40(46)52-28-8-6-26-50-38(44)4-2/h3-4,21-24,29-34H,1-2,5-20,25-28H2. The van der Waals surface area contributed by atoms with E-state index in [4.69, 9.17) is 28.4 Å². The Labute approximate surface area is 318 Å². The third kappa shape index (κ3) is 14.1. The van der Waals surface area contributed by atoms with Gasteiger partial charge in [0, 0.05) is 12.2 Å². The van der Waals surface area contributed by atoms with Crippen molar-refractivity contribution in [2.45, 2.75) is 103 Å². The summed E-state index contributed by atoms with van der Waals surface area (Å²) in [4.78, 5) is 72.9. The zero-order chi connectivity index (χ0) is 38.7. The fourth-order valence-electron chi connectivity index (χ4n) is 7.64. The summed E-state index contributed by atoms with van der Waals surface area (Å²) >= 11 is 0. The third-order valence-electron chi connectivity index (χ3n) is 10.9. The number of hydrogen-bond acceptors (Lipinski definition) is 12. The number of unbranched alkanes of at least 4 members (excludes halogenated alkanes) is 2. The van der Waals surface area contributed by atoms with Crippen molar-refractivity contribution in [2.75, 3.05) is 26.4 Å². The summed E-state index contributed by atoms with van der Waals surface area (Å²) in [5.41, 5.74) is 0. The van der Waals surface area contributed by atoms with E-state index in [2.05, 4.69) is 13.2 Å². The second-order valence-corrected chi connectivity index (χ2v) is 14.6. The minimum atomic E-state index is -0.475. The third-order valence-corrected chi connectivity index (χ3v) is 10.9. The van der Waals surface area contributed by atoms with E-state index < -0.39 is 11.9 Å². The maximum absolute atomic E-state index is 13.0. The summed E-state index contributed by atoms with van der Waals surface area (Å²) in [6.07, 6.45) is 14.0. The first-order chi connectivity index (χ1) is 26.2. The fourth-order valence-corrected chi connectivity index (χ4v) is 7.64. The molecule has 12 heteroatoms. The molecule has 0 amide bonds. The molecule has 3 fully saturated rings. The average molecular weight is 753 g/mol. The Balaban J connectivity index is 1.06. The molecule has 296 valence electrons. The number of hydrogen-bond donors (Lipinski definition) is 0. The second-order valence-electron chi connectivity index (χ2n) is 14.6. The maximum atomic E-state index is 13.0. The van der Waals surface area contributed by atoms with Crippen LogP contribution >= 0.6 is 0 Å². The molecule has 3 aliphatic rings. The van der Waals surface area contributed by atoms with Crippen molar-refractivity contribution in [3.05, 3.63) is 49.6 Å². The maximum Gasteiger partial charge on any atom is 0.330 e. The lowest BCUT2D eigenvalue weighted by Crippen LogP contribution is -2.31. The zero-order valence-corrected chi connectivity index (χ0v) is 31.4. The molecule has 0 aromatic heterocycles. The van der Waals surface area contributed by atoms with Gasteiger partial charge in [-0.2, -0.15) is 0 Å². The Morgan fingerprint density at radius 1 is 0.444 bits per heavy atom. The highest BCUT2D eigenvalue weighted by molar-refractivity contribution is 5.81. The topological polar surface area (TPSA) is 158 Å². The Morgan fingerprint density at radius 2 is 0.722 bits per heavy atom. The lowest BCUT2D eigenvalue weighted by atomic mass is 9.69. The number of carbonyl (C=O) groups excluding carboxylic acids is 6. The van der Waals surface area contributed by atoms with Gasteiger partial charge in [0.2, 0.25) is 0 Å². The molecule has 0 N–H and O–H groups in total. The molecule has 3 saturated carbocycles. The monoisotopic (exact) mass is 752 g/mol. The summed E-state index contributed by atoms with van der Waals surface area (Å²) in [7, 11) is 0. The molecule has 0 spiro atoms. The Bertz CT molecular complexity index is 1410. The van der Waals surface area contributed by atoms with E-state index in [1.165, 1.54) is 0 Å². The van der Waals surface area contributed by atoms with Crippen LogP contribution in [0.25, 0.3) is 0 Å². The van der Waals surface area contributed by atoms with Gasteiger partial charge in [-0.3, -0.25) is 19.2 Å². The Morgan fingerprint density at radius 3 is 1.04 bits per heavy atom. The van der Waals surface area contributed by atoms with Crippen molar-refractivity contribution in [3.8, 4) is 11.5 Å². The molecule has 54 heavy (non-hydrogen) atoms. The van der Waals surface area contributed by atoms with Gasteiger partial charge in [0.15, 0.2) is 0 Å². The highest BCUT2D eigenvalue weighted by Crippen LogP contribution is 2.42. The second kappa shape index (κ2) is 22.7. The van der Waals surface area contributed by atoms with Gasteiger partial charge in [0.05, 0.1) is 50.1 Å². The molecule has 1 aromatic rings. The van der Waals surface area contributed by atoms with Crippen LogP contribution in [0.1, 0.15) is 103 Å². The van der Waals surface area contributed by atoms with E-state index in [9.17, 15) is 28.8 Å². The fraction of sp³-hybridized carbons (Fsp3) is 0.619. The van der Waals surface area contributed by atoms with Crippen LogP contribution in [0, 0.1) is 35.5 Å². The molecular weight excluding hydrogens is 696 g/mol. The van der Waals surface area contributed by atoms with E-state index in [1.54, 1.807) is 24.3 Å². The molecule has 12 nitrogen and oxygen atoms in total. The van der Waals surface area contributed by atoms with Gasteiger partial charge in [-0.1, -0.05) is 13.2 Å². The summed E-state index contributed by atoms with van der Waals surface area (Å²) in [6, 6.07) is 6.50. The van der Waals surface area contributed by atoms with Crippen LogP contribution < -0.4 is 9.47 Å². The number of carbonyl (C=O) groups is 6. The van der Waals surface area contributed by atoms with Crippen LogP contribution in [0.5, 0.6) is 11.5 Å². The van der Waals surface area contributed by atoms with Gasteiger partial charge in [0.25, 0.3) is 0 Å². The molecule has 0 bridgehead atoms. The highest BCUT2D eigenvalue weighted by atomic mass is 16.6. The zero-order valence-electron chi connectivity index (χ0n) is 31.4. The van der Waals surface area contributed by atoms with Crippen molar-refractivity contribution in [1.29, 1.82) is 0 Å².